The Bertz CT molecular complexity index is 953. The van der Waals surface area contributed by atoms with Crippen molar-refractivity contribution in [2.75, 3.05) is 11.9 Å². The smallest absolute Gasteiger partial charge is 0.160 e. The first-order valence-electron chi connectivity index (χ1n) is 7.69. The number of fused-ring (bicyclic) bond motifs is 2. The number of aromatic nitrogens is 6. The SMILES string of the molecule is CCn1c(CCNc2ncnc3[nH]ncc23)nc2ccccc21. The van der Waals surface area contributed by atoms with Crippen molar-refractivity contribution >= 4 is 27.9 Å². The lowest BCUT2D eigenvalue weighted by molar-refractivity contribution is 0.717. The van der Waals surface area contributed by atoms with E-state index in [2.05, 4.69) is 55.2 Å². The van der Waals surface area contributed by atoms with Crippen molar-refractivity contribution in [2.24, 2.45) is 0 Å². The molecule has 3 heterocycles. The van der Waals surface area contributed by atoms with Gasteiger partial charge < -0.3 is 9.88 Å². The summed E-state index contributed by atoms with van der Waals surface area (Å²) in [5.41, 5.74) is 2.97. The Balaban J connectivity index is 1.54. The molecular formula is C16H17N7. The third kappa shape index (κ3) is 2.40. The number of para-hydroxylation sites is 2. The number of aryl methyl sites for hydroxylation is 1. The highest BCUT2D eigenvalue weighted by Crippen LogP contribution is 2.18. The van der Waals surface area contributed by atoms with E-state index in [0.29, 0.717) is 0 Å². The quantitative estimate of drug-likeness (QED) is 0.591. The van der Waals surface area contributed by atoms with Crippen molar-refractivity contribution in [2.45, 2.75) is 19.9 Å². The molecule has 0 amide bonds. The molecule has 0 atom stereocenters. The largest absolute Gasteiger partial charge is 0.369 e. The first-order valence-corrected chi connectivity index (χ1v) is 7.69. The van der Waals surface area contributed by atoms with Crippen LogP contribution in [-0.4, -0.2) is 36.3 Å². The fourth-order valence-corrected chi connectivity index (χ4v) is 2.87. The molecule has 0 fully saturated rings. The van der Waals surface area contributed by atoms with Gasteiger partial charge in [0, 0.05) is 19.5 Å². The summed E-state index contributed by atoms with van der Waals surface area (Å²) in [6, 6.07) is 8.24. The van der Waals surface area contributed by atoms with Gasteiger partial charge in [0.05, 0.1) is 22.6 Å². The summed E-state index contributed by atoms with van der Waals surface area (Å²) in [5, 5.41) is 11.1. The Morgan fingerprint density at radius 1 is 1.22 bits per heavy atom. The minimum absolute atomic E-state index is 0.739. The van der Waals surface area contributed by atoms with Crippen molar-refractivity contribution in [3.8, 4) is 0 Å². The van der Waals surface area contributed by atoms with Gasteiger partial charge in [0.2, 0.25) is 0 Å². The minimum Gasteiger partial charge on any atom is -0.369 e. The maximum absolute atomic E-state index is 4.74. The zero-order chi connectivity index (χ0) is 15.6. The van der Waals surface area contributed by atoms with Crippen LogP contribution in [0.3, 0.4) is 0 Å². The molecule has 0 saturated carbocycles. The molecule has 0 radical (unpaired) electrons. The second-order valence-electron chi connectivity index (χ2n) is 5.29. The van der Waals surface area contributed by atoms with E-state index in [1.54, 1.807) is 6.20 Å². The summed E-state index contributed by atoms with van der Waals surface area (Å²) in [6.07, 6.45) is 4.09. The molecule has 2 N–H and O–H groups in total. The van der Waals surface area contributed by atoms with Gasteiger partial charge in [0.1, 0.15) is 18.0 Å². The van der Waals surface area contributed by atoms with Crippen molar-refractivity contribution in [3.05, 3.63) is 42.6 Å². The van der Waals surface area contributed by atoms with Gasteiger partial charge in [-0.1, -0.05) is 12.1 Å². The normalized spacial score (nSPS) is 11.3. The number of aromatic amines is 1. The molecule has 7 nitrogen and oxygen atoms in total. The molecule has 1 aromatic carbocycles. The summed E-state index contributed by atoms with van der Waals surface area (Å²) in [4.78, 5) is 13.2. The van der Waals surface area contributed by atoms with E-state index in [0.717, 1.165) is 47.7 Å². The van der Waals surface area contributed by atoms with Crippen LogP contribution in [-0.2, 0) is 13.0 Å². The van der Waals surface area contributed by atoms with Gasteiger partial charge >= 0.3 is 0 Å². The maximum Gasteiger partial charge on any atom is 0.160 e. The molecule has 0 bridgehead atoms. The van der Waals surface area contributed by atoms with Crippen molar-refractivity contribution in [1.82, 2.24) is 29.7 Å². The molecular weight excluding hydrogens is 290 g/mol. The number of hydrogen-bond donors (Lipinski definition) is 2. The molecule has 0 spiro atoms. The van der Waals surface area contributed by atoms with E-state index in [4.69, 9.17) is 4.98 Å². The van der Waals surface area contributed by atoms with Crippen LogP contribution in [0.1, 0.15) is 12.7 Å². The highest BCUT2D eigenvalue weighted by molar-refractivity contribution is 5.85. The second-order valence-corrected chi connectivity index (χ2v) is 5.29. The van der Waals surface area contributed by atoms with Crippen LogP contribution in [0.25, 0.3) is 22.1 Å². The molecule has 23 heavy (non-hydrogen) atoms. The van der Waals surface area contributed by atoms with Gasteiger partial charge in [-0.2, -0.15) is 5.10 Å². The van der Waals surface area contributed by atoms with E-state index in [9.17, 15) is 0 Å². The van der Waals surface area contributed by atoms with Crippen LogP contribution in [0.5, 0.6) is 0 Å². The zero-order valence-corrected chi connectivity index (χ0v) is 12.8. The molecule has 7 heteroatoms. The monoisotopic (exact) mass is 307 g/mol. The summed E-state index contributed by atoms with van der Waals surface area (Å²) in [6.45, 7) is 3.81. The highest BCUT2D eigenvalue weighted by Gasteiger charge is 2.09. The van der Waals surface area contributed by atoms with E-state index in [-0.39, 0.29) is 0 Å². The van der Waals surface area contributed by atoms with Crippen LogP contribution in [0.2, 0.25) is 0 Å². The molecule has 4 aromatic rings. The lowest BCUT2D eigenvalue weighted by Crippen LogP contribution is -2.11. The second kappa shape index (κ2) is 5.68. The van der Waals surface area contributed by atoms with Crippen molar-refractivity contribution in [1.29, 1.82) is 0 Å². The maximum atomic E-state index is 4.74. The van der Waals surface area contributed by atoms with E-state index < -0.39 is 0 Å². The summed E-state index contributed by atoms with van der Waals surface area (Å²) in [7, 11) is 0. The first kappa shape index (κ1) is 13.7. The summed E-state index contributed by atoms with van der Waals surface area (Å²) >= 11 is 0. The van der Waals surface area contributed by atoms with Gasteiger partial charge in [-0.25, -0.2) is 15.0 Å². The van der Waals surface area contributed by atoms with E-state index in [1.807, 2.05) is 6.07 Å². The highest BCUT2D eigenvalue weighted by atomic mass is 15.2. The lowest BCUT2D eigenvalue weighted by atomic mass is 10.3. The number of rotatable bonds is 5. The molecule has 0 saturated heterocycles. The average molecular weight is 307 g/mol. The third-order valence-electron chi connectivity index (χ3n) is 3.94. The first-order chi connectivity index (χ1) is 11.4. The Kier molecular flexibility index (Phi) is 3.38. The molecule has 0 aliphatic rings. The van der Waals surface area contributed by atoms with Crippen molar-refractivity contribution < 1.29 is 0 Å². The Morgan fingerprint density at radius 2 is 2.13 bits per heavy atom. The summed E-state index contributed by atoms with van der Waals surface area (Å²) < 4.78 is 2.25. The summed E-state index contributed by atoms with van der Waals surface area (Å²) in [5.74, 6) is 1.88. The van der Waals surface area contributed by atoms with Crippen LogP contribution < -0.4 is 5.32 Å². The van der Waals surface area contributed by atoms with Gasteiger partial charge in [-0.15, -0.1) is 0 Å². The molecule has 0 aliphatic heterocycles. The Labute approximate surface area is 132 Å². The molecule has 116 valence electrons. The van der Waals surface area contributed by atoms with Gasteiger partial charge in [-0.3, -0.25) is 5.10 Å². The van der Waals surface area contributed by atoms with Crippen LogP contribution >= 0.6 is 0 Å². The van der Waals surface area contributed by atoms with Gasteiger partial charge in [0.25, 0.3) is 0 Å². The zero-order valence-electron chi connectivity index (χ0n) is 12.8. The standard InChI is InChI=1S/C16H17N7/c1-2-23-13-6-4-3-5-12(13)21-14(23)7-8-17-15-11-9-20-22-16(11)19-10-18-15/h3-6,9-10H,2,7-8H2,1H3,(H2,17,18,19,20,22). The number of nitrogens with zero attached hydrogens (tertiary/aromatic N) is 5. The lowest BCUT2D eigenvalue weighted by Gasteiger charge is -2.08. The number of benzene rings is 1. The molecule has 4 rings (SSSR count). The number of imidazole rings is 1. The topological polar surface area (TPSA) is 84.3 Å². The van der Waals surface area contributed by atoms with Crippen LogP contribution in [0.4, 0.5) is 5.82 Å². The number of H-pyrrole nitrogens is 1. The van der Waals surface area contributed by atoms with Gasteiger partial charge in [0.15, 0.2) is 5.65 Å². The Hall–Kier alpha value is -2.96. The number of anilines is 1. The van der Waals surface area contributed by atoms with Gasteiger partial charge in [-0.05, 0) is 19.1 Å². The minimum atomic E-state index is 0.739. The fraction of sp³-hybridized carbons (Fsp3) is 0.250. The predicted molar refractivity (Wildman–Crippen MR) is 89.3 cm³/mol. The average Bonchev–Trinajstić information content (AvgIpc) is 3.19. The van der Waals surface area contributed by atoms with Crippen LogP contribution in [0, 0.1) is 0 Å². The van der Waals surface area contributed by atoms with Crippen LogP contribution in [0.15, 0.2) is 36.8 Å². The number of nitrogens with one attached hydrogen (secondary N) is 2. The van der Waals surface area contributed by atoms with E-state index in [1.165, 1.54) is 11.8 Å². The van der Waals surface area contributed by atoms with Crippen molar-refractivity contribution in [3.63, 3.8) is 0 Å². The Morgan fingerprint density at radius 3 is 3.04 bits per heavy atom. The third-order valence-corrected chi connectivity index (χ3v) is 3.94. The number of hydrogen-bond acceptors (Lipinski definition) is 5. The van der Waals surface area contributed by atoms with E-state index >= 15 is 0 Å². The molecule has 3 aromatic heterocycles. The predicted octanol–water partition coefficient (Wildman–Crippen LogP) is 2.38. The molecule has 0 aliphatic carbocycles. The molecule has 0 unspecified atom stereocenters. The fourth-order valence-electron chi connectivity index (χ4n) is 2.87.